The molecule has 0 aliphatic carbocycles. The Morgan fingerprint density at radius 3 is 2.67 bits per heavy atom. The number of piperidine rings is 1. The lowest BCUT2D eigenvalue weighted by Gasteiger charge is -2.29. The van der Waals surface area contributed by atoms with Crippen LogP contribution in [-0.4, -0.2) is 49.5 Å². The van der Waals surface area contributed by atoms with Crippen molar-refractivity contribution in [3.63, 3.8) is 0 Å². The van der Waals surface area contributed by atoms with E-state index in [1.165, 1.54) is 21.7 Å². The van der Waals surface area contributed by atoms with Crippen molar-refractivity contribution < 1.29 is 17.9 Å². The number of thiazole rings is 1. The zero-order valence-corrected chi connectivity index (χ0v) is 22.7. The first-order chi connectivity index (χ1) is 15.8. The van der Waals surface area contributed by atoms with Gasteiger partial charge in [-0.2, -0.15) is 9.30 Å². The zero-order valence-electron chi connectivity index (χ0n) is 17.9. The highest BCUT2D eigenvalue weighted by Gasteiger charge is 2.33. The van der Waals surface area contributed by atoms with Crippen molar-refractivity contribution in [1.82, 2.24) is 8.87 Å². The van der Waals surface area contributed by atoms with E-state index in [2.05, 4.69) is 20.9 Å². The lowest BCUT2D eigenvalue weighted by atomic mass is 9.98. The molecule has 0 atom stereocenters. The Balaban J connectivity index is 1.52. The third-order valence-electron chi connectivity index (χ3n) is 5.46. The van der Waals surface area contributed by atoms with Gasteiger partial charge in [0.1, 0.15) is 4.21 Å². The summed E-state index contributed by atoms with van der Waals surface area (Å²) in [6.07, 6.45) is 0.881. The van der Waals surface area contributed by atoms with Gasteiger partial charge >= 0.3 is 0 Å². The van der Waals surface area contributed by atoms with Gasteiger partial charge in [-0.1, -0.05) is 38.9 Å². The number of sulfonamides is 1. The number of hydrogen-bond donors (Lipinski definition) is 0. The van der Waals surface area contributed by atoms with Crippen LogP contribution in [0.3, 0.4) is 0 Å². The molecule has 1 amide bonds. The molecule has 1 aliphatic heterocycles. The Kier molecular flexibility index (Phi) is 8.10. The molecule has 3 aromatic rings. The molecule has 1 saturated heterocycles. The molecule has 12 heteroatoms. The van der Waals surface area contributed by atoms with Gasteiger partial charge in [-0.15, -0.1) is 11.3 Å². The van der Waals surface area contributed by atoms with Crippen molar-refractivity contribution in [2.75, 3.05) is 26.3 Å². The van der Waals surface area contributed by atoms with E-state index in [4.69, 9.17) is 16.3 Å². The van der Waals surface area contributed by atoms with E-state index >= 15 is 0 Å². The number of carbonyl (C=O) groups excluding carboxylic acids is 1. The average Bonchev–Trinajstić information content (AvgIpc) is 3.37. The van der Waals surface area contributed by atoms with Crippen LogP contribution in [-0.2, 0) is 26.1 Å². The minimum Gasteiger partial charge on any atom is -0.380 e. The van der Waals surface area contributed by atoms with Gasteiger partial charge in [0, 0.05) is 36.6 Å². The molecule has 7 nitrogen and oxygen atoms in total. The van der Waals surface area contributed by atoms with Crippen LogP contribution in [0.4, 0.5) is 0 Å². The molecule has 4 rings (SSSR count). The van der Waals surface area contributed by atoms with Crippen molar-refractivity contribution >= 4 is 76.4 Å². The van der Waals surface area contributed by atoms with Crippen molar-refractivity contribution in [2.24, 2.45) is 10.9 Å². The molecular formula is C21H23BrClN3O4S3. The zero-order chi connectivity index (χ0) is 23.6. The number of thiophene rings is 1. The summed E-state index contributed by atoms with van der Waals surface area (Å²) in [5.41, 5.74) is 1.00. The predicted octanol–water partition coefficient (Wildman–Crippen LogP) is 4.74. The smallest absolute Gasteiger partial charge is 0.252 e. The molecule has 178 valence electrons. The van der Waals surface area contributed by atoms with Crippen LogP contribution in [0.25, 0.3) is 10.2 Å². The summed E-state index contributed by atoms with van der Waals surface area (Å²) < 4.78 is 37.3. The number of fused-ring (bicyclic) bond motifs is 1. The highest BCUT2D eigenvalue weighted by molar-refractivity contribution is 9.10. The second kappa shape index (κ2) is 10.7. The van der Waals surface area contributed by atoms with Crippen LogP contribution in [0.1, 0.15) is 19.8 Å². The molecule has 0 N–H and O–H groups in total. The van der Waals surface area contributed by atoms with Crippen LogP contribution in [0, 0.1) is 5.92 Å². The van der Waals surface area contributed by atoms with E-state index < -0.39 is 10.0 Å². The molecule has 0 spiro atoms. The maximum Gasteiger partial charge on any atom is 0.252 e. The van der Waals surface area contributed by atoms with Gasteiger partial charge in [-0.25, -0.2) is 8.42 Å². The van der Waals surface area contributed by atoms with E-state index in [0.29, 0.717) is 41.7 Å². The van der Waals surface area contributed by atoms with Crippen LogP contribution in [0.5, 0.6) is 0 Å². The number of hydrogen-bond acceptors (Lipinski definition) is 6. The highest BCUT2D eigenvalue weighted by atomic mass is 79.9. The van der Waals surface area contributed by atoms with Gasteiger partial charge in [-0.05, 0) is 50.1 Å². The van der Waals surface area contributed by atoms with Crippen LogP contribution in [0.2, 0.25) is 4.34 Å². The predicted molar refractivity (Wildman–Crippen MR) is 135 cm³/mol. The lowest BCUT2D eigenvalue weighted by molar-refractivity contribution is -0.122. The van der Waals surface area contributed by atoms with Gasteiger partial charge in [0.15, 0.2) is 4.80 Å². The summed E-state index contributed by atoms with van der Waals surface area (Å²) in [4.78, 5) is 18.1. The van der Waals surface area contributed by atoms with Gasteiger partial charge in [0.25, 0.3) is 15.9 Å². The number of ether oxygens (including phenoxy) is 1. The second-order valence-electron chi connectivity index (χ2n) is 7.53. The summed E-state index contributed by atoms with van der Waals surface area (Å²) >= 11 is 11.9. The quantitative estimate of drug-likeness (QED) is 0.371. The van der Waals surface area contributed by atoms with Crippen LogP contribution >= 0.6 is 50.2 Å². The maximum absolute atomic E-state index is 13.0. The molecule has 0 saturated carbocycles. The summed E-state index contributed by atoms with van der Waals surface area (Å²) in [6.45, 7) is 4.27. The van der Waals surface area contributed by atoms with E-state index in [1.807, 2.05) is 29.7 Å². The third kappa shape index (κ3) is 5.61. The fourth-order valence-corrected chi connectivity index (χ4v) is 8.46. The van der Waals surface area contributed by atoms with Crippen molar-refractivity contribution in [3.8, 4) is 0 Å². The normalized spacial score (nSPS) is 16.6. The fourth-order valence-electron chi connectivity index (χ4n) is 3.74. The number of halogens is 2. The molecule has 3 heterocycles. The Labute approximate surface area is 213 Å². The number of nitrogens with zero attached hydrogens (tertiary/aromatic N) is 3. The van der Waals surface area contributed by atoms with E-state index in [0.717, 1.165) is 26.0 Å². The first-order valence-corrected chi connectivity index (χ1v) is 14.7. The fraction of sp³-hybridized carbons (Fsp3) is 0.429. The average molecular weight is 593 g/mol. The van der Waals surface area contributed by atoms with E-state index in [1.54, 1.807) is 6.07 Å². The topological polar surface area (TPSA) is 81.0 Å². The lowest BCUT2D eigenvalue weighted by Crippen LogP contribution is -2.40. The standard InChI is InChI=1S/C21H23BrClN3O4S3/c1-2-30-12-11-26-16-4-3-15(22)13-17(16)31-21(26)24-20(27)14-7-9-25(10-8-14)33(28,29)19-6-5-18(23)32-19/h3-6,13-14H,2,7-12H2,1H3. The molecular weight excluding hydrogens is 570 g/mol. The number of rotatable bonds is 7. The molecule has 1 fully saturated rings. The number of aromatic nitrogens is 1. The molecule has 1 aliphatic rings. The van der Waals surface area contributed by atoms with Gasteiger partial charge < -0.3 is 9.30 Å². The molecule has 33 heavy (non-hydrogen) atoms. The Hall–Kier alpha value is -1.08. The van der Waals surface area contributed by atoms with Crippen LogP contribution in [0.15, 0.2) is 44.0 Å². The molecule has 0 bridgehead atoms. The van der Waals surface area contributed by atoms with Gasteiger partial charge in [-0.3, -0.25) is 4.79 Å². The minimum atomic E-state index is -3.59. The second-order valence-corrected chi connectivity index (χ2v) is 13.3. The first kappa shape index (κ1) is 25.0. The van der Waals surface area contributed by atoms with Crippen LogP contribution < -0.4 is 4.80 Å². The van der Waals surface area contributed by atoms with Gasteiger partial charge in [0.05, 0.1) is 21.2 Å². The monoisotopic (exact) mass is 591 g/mol. The molecule has 1 aromatic carbocycles. The number of amides is 1. The van der Waals surface area contributed by atoms with Crippen molar-refractivity contribution in [1.29, 1.82) is 0 Å². The SMILES string of the molecule is CCOCCn1c(=NC(=O)C2CCN(S(=O)(=O)c3ccc(Cl)s3)CC2)sc2cc(Br)ccc21. The molecule has 2 aromatic heterocycles. The third-order valence-corrected chi connectivity index (χ3v) is 10.6. The summed E-state index contributed by atoms with van der Waals surface area (Å²) in [5, 5.41) is 0. The van der Waals surface area contributed by atoms with Crippen molar-refractivity contribution in [3.05, 3.63) is 43.9 Å². The first-order valence-electron chi connectivity index (χ1n) is 10.5. The van der Waals surface area contributed by atoms with E-state index in [9.17, 15) is 13.2 Å². The Morgan fingerprint density at radius 1 is 1.24 bits per heavy atom. The largest absolute Gasteiger partial charge is 0.380 e. The molecule has 0 radical (unpaired) electrons. The Bertz CT molecular complexity index is 1320. The molecule has 0 unspecified atom stereocenters. The summed E-state index contributed by atoms with van der Waals surface area (Å²) in [7, 11) is -3.59. The highest BCUT2D eigenvalue weighted by Crippen LogP contribution is 2.31. The Morgan fingerprint density at radius 2 is 2.00 bits per heavy atom. The maximum atomic E-state index is 13.0. The summed E-state index contributed by atoms with van der Waals surface area (Å²) in [6, 6.07) is 9.09. The van der Waals surface area contributed by atoms with Crippen molar-refractivity contribution in [2.45, 2.75) is 30.5 Å². The van der Waals surface area contributed by atoms with Gasteiger partial charge in [0.2, 0.25) is 0 Å². The number of carbonyl (C=O) groups is 1. The van der Waals surface area contributed by atoms with E-state index in [-0.39, 0.29) is 29.1 Å². The number of benzene rings is 1. The summed E-state index contributed by atoms with van der Waals surface area (Å²) in [5.74, 6) is -0.511. The minimum absolute atomic E-state index is 0.206.